The number of thiol groups is 1. The van der Waals surface area contributed by atoms with Gasteiger partial charge in [0.25, 0.3) is 0 Å². The lowest BCUT2D eigenvalue weighted by Crippen LogP contribution is -2.09. The Morgan fingerprint density at radius 1 is 1.00 bits per heavy atom. The highest BCUT2D eigenvalue weighted by Gasteiger charge is 2.24. The molecule has 124 valence electrons. The Hall–Kier alpha value is -0.813. The van der Waals surface area contributed by atoms with Crippen molar-refractivity contribution in [1.82, 2.24) is 0 Å². The summed E-state index contributed by atoms with van der Waals surface area (Å²) < 4.78 is 17.4. The zero-order valence-electron chi connectivity index (χ0n) is 14.5. The molecular formula is C17H28O3SSi. The van der Waals surface area contributed by atoms with E-state index in [9.17, 15) is 0 Å². The molecule has 0 spiro atoms. The lowest BCUT2D eigenvalue weighted by atomic mass is 9.92. The smallest absolute Gasteiger partial charge is 0.310 e. The van der Waals surface area contributed by atoms with Crippen LogP contribution in [0.3, 0.4) is 0 Å². The van der Waals surface area contributed by atoms with Crippen LogP contribution in [0.5, 0.6) is 17.2 Å². The van der Waals surface area contributed by atoms with Crippen LogP contribution in [0.15, 0.2) is 6.07 Å². The van der Waals surface area contributed by atoms with Crippen molar-refractivity contribution in [3.05, 3.63) is 17.2 Å². The maximum Gasteiger partial charge on any atom is 0.310 e. The van der Waals surface area contributed by atoms with Crippen LogP contribution in [0, 0.1) is 0 Å². The Labute approximate surface area is 143 Å². The molecule has 1 rings (SSSR count). The quantitative estimate of drug-likeness (QED) is 0.401. The van der Waals surface area contributed by atoms with E-state index in [1.165, 1.54) is 0 Å². The SMILES string of the molecule is COc1cc(O[Si]CCCS)c(C(C)C)c(OC)c1C(C)C. The number of benzene rings is 1. The normalized spacial score (nSPS) is 11.1. The van der Waals surface area contributed by atoms with Crippen LogP contribution < -0.4 is 13.9 Å². The van der Waals surface area contributed by atoms with Crippen LogP contribution in [-0.4, -0.2) is 29.7 Å². The second kappa shape index (κ2) is 9.35. The van der Waals surface area contributed by atoms with Crippen molar-refractivity contribution in [3.8, 4) is 17.2 Å². The third-order valence-electron chi connectivity index (χ3n) is 3.48. The van der Waals surface area contributed by atoms with Gasteiger partial charge in [0.05, 0.1) is 14.2 Å². The van der Waals surface area contributed by atoms with Crippen LogP contribution in [0.25, 0.3) is 0 Å². The van der Waals surface area contributed by atoms with Gasteiger partial charge in [-0.15, -0.1) is 0 Å². The standard InChI is InChI=1S/C17H28O3SSi/c1-11(2)15-13(18-5)10-14(20-22-9-7-8-21)16(12(3)4)17(15)19-6/h10-12,21H,7-9H2,1-6H3. The van der Waals surface area contributed by atoms with Gasteiger partial charge in [0, 0.05) is 17.2 Å². The molecule has 1 aromatic rings. The topological polar surface area (TPSA) is 27.7 Å². The molecule has 0 amide bonds. The largest absolute Gasteiger partial charge is 0.540 e. The third-order valence-corrected chi connectivity index (χ3v) is 4.72. The molecule has 0 unspecified atom stereocenters. The van der Waals surface area contributed by atoms with Gasteiger partial charge < -0.3 is 13.9 Å². The maximum absolute atomic E-state index is 6.05. The summed E-state index contributed by atoms with van der Waals surface area (Å²) in [6, 6.07) is 3.04. The van der Waals surface area contributed by atoms with Crippen molar-refractivity contribution in [2.45, 2.75) is 52.0 Å². The predicted octanol–water partition coefficient (Wildman–Crippen LogP) is 4.69. The van der Waals surface area contributed by atoms with Gasteiger partial charge in [0.1, 0.15) is 17.2 Å². The monoisotopic (exact) mass is 340 g/mol. The average Bonchev–Trinajstić information content (AvgIpc) is 2.49. The second-order valence-corrected chi connectivity index (χ2v) is 7.26. The Balaban J connectivity index is 3.30. The number of hydrogen-bond acceptors (Lipinski definition) is 4. The van der Waals surface area contributed by atoms with Gasteiger partial charge in [-0.2, -0.15) is 12.6 Å². The average molecular weight is 341 g/mol. The molecule has 0 saturated heterocycles. The fourth-order valence-corrected chi connectivity index (χ4v) is 3.69. The summed E-state index contributed by atoms with van der Waals surface area (Å²) in [4.78, 5) is 0. The zero-order valence-corrected chi connectivity index (χ0v) is 16.4. The summed E-state index contributed by atoms with van der Waals surface area (Å²) in [6.07, 6.45) is 1.07. The number of hydrogen-bond donors (Lipinski definition) is 1. The van der Waals surface area contributed by atoms with Crippen molar-refractivity contribution in [1.29, 1.82) is 0 Å². The first-order chi connectivity index (χ1) is 10.5. The predicted molar refractivity (Wildman–Crippen MR) is 97.4 cm³/mol. The molecule has 0 aromatic heterocycles. The molecule has 0 fully saturated rings. The molecule has 0 aliphatic rings. The van der Waals surface area contributed by atoms with Crippen molar-refractivity contribution < 1.29 is 13.9 Å². The van der Waals surface area contributed by atoms with E-state index >= 15 is 0 Å². The van der Waals surface area contributed by atoms with E-state index in [-0.39, 0.29) is 0 Å². The molecule has 2 radical (unpaired) electrons. The van der Waals surface area contributed by atoms with Crippen LogP contribution >= 0.6 is 12.6 Å². The molecule has 0 saturated carbocycles. The molecule has 22 heavy (non-hydrogen) atoms. The number of rotatable bonds is 9. The molecule has 0 bridgehead atoms. The minimum absolute atomic E-state index is 0.322. The van der Waals surface area contributed by atoms with Crippen LogP contribution in [0.4, 0.5) is 0 Å². The van der Waals surface area contributed by atoms with E-state index in [0.29, 0.717) is 21.6 Å². The van der Waals surface area contributed by atoms with E-state index in [1.54, 1.807) is 14.2 Å². The first kappa shape index (κ1) is 19.2. The highest BCUT2D eigenvalue weighted by Crippen LogP contribution is 2.46. The molecule has 0 aliphatic carbocycles. The maximum atomic E-state index is 6.05. The van der Waals surface area contributed by atoms with Crippen molar-refractivity contribution in [2.24, 2.45) is 0 Å². The van der Waals surface area contributed by atoms with Crippen LogP contribution in [0.2, 0.25) is 6.04 Å². The van der Waals surface area contributed by atoms with Gasteiger partial charge in [-0.3, -0.25) is 0 Å². The van der Waals surface area contributed by atoms with Gasteiger partial charge >= 0.3 is 9.76 Å². The Bertz CT molecular complexity index is 475. The summed E-state index contributed by atoms with van der Waals surface area (Å²) in [5, 5.41) is 0. The molecule has 5 heteroatoms. The lowest BCUT2D eigenvalue weighted by molar-refractivity contribution is 0.372. The zero-order chi connectivity index (χ0) is 16.7. The van der Waals surface area contributed by atoms with Crippen molar-refractivity contribution in [3.63, 3.8) is 0 Å². The number of ether oxygens (including phenoxy) is 2. The summed E-state index contributed by atoms with van der Waals surface area (Å²) in [5.41, 5.74) is 2.24. The summed E-state index contributed by atoms with van der Waals surface area (Å²) in [6.45, 7) is 8.63. The van der Waals surface area contributed by atoms with Crippen molar-refractivity contribution in [2.75, 3.05) is 20.0 Å². The highest BCUT2D eigenvalue weighted by molar-refractivity contribution is 7.80. The minimum Gasteiger partial charge on any atom is -0.540 e. The highest BCUT2D eigenvalue weighted by atomic mass is 32.1. The van der Waals surface area contributed by atoms with E-state index in [2.05, 4.69) is 40.3 Å². The minimum atomic E-state index is 0.322. The van der Waals surface area contributed by atoms with Gasteiger partial charge in [-0.1, -0.05) is 27.7 Å². The summed E-state index contributed by atoms with van der Waals surface area (Å²) in [7, 11) is 3.85. The van der Waals surface area contributed by atoms with Crippen molar-refractivity contribution >= 4 is 22.4 Å². The Kier molecular flexibility index (Phi) is 8.18. The second-order valence-electron chi connectivity index (χ2n) is 5.82. The van der Waals surface area contributed by atoms with E-state index in [4.69, 9.17) is 13.9 Å². The van der Waals surface area contributed by atoms with Gasteiger partial charge in [0.15, 0.2) is 0 Å². The number of methoxy groups -OCH3 is 2. The summed E-state index contributed by atoms with van der Waals surface area (Å²) in [5.74, 6) is 4.16. The van der Waals surface area contributed by atoms with Crippen LogP contribution in [-0.2, 0) is 0 Å². The molecule has 1 aromatic carbocycles. The first-order valence-electron chi connectivity index (χ1n) is 7.77. The summed E-state index contributed by atoms with van der Waals surface area (Å²) >= 11 is 4.24. The molecule has 0 heterocycles. The van der Waals surface area contributed by atoms with E-state index in [0.717, 1.165) is 46.6 Å². The van der Waals surface area contributed by atoms with Crippen LogP contribution in [0.1, 0.15) is 57.1 Å². The molecular weight excluding hydrogens is 312 g/mol. The Morgan fingerprint density at radius 3 is 2.05 bits per heavy atom. The Morgan fingerprint density at radius 2 is 1.59 bits per heavy atom. The van der Waals surface area contributed by atoms with E-state index in [1.807, 2.05) is 6.07 Å². The molecule has 0 N–H and O–H groups in total. The fraction of sp³-hybridized carbons (Fsp3) is 0.647. The molecule has 0 atom stereocenters. The van der Waals surface area contributed by atoms with Gasteiger partial charge in [-0.25, -0.2) is 0 Å². The third kappa shape index (κ3) is 4.59. The van der Waals surface area contributed by atoms with E-state index < -0.39 is 0 Å². The molecule has 0 aliphatic heterocycles. The molecule has 3 nitrogen and oxygen atoms in total. The fourth-order valence-electron chi connectivity index (χ4n) is 2.49. The lowest BCUT2D eigenvalue weighted by Gasteiger charge is -2.24. The first-order valence-corrected chi connectivity index (χ1v) is 9.51. The van der Waals surface area contributed by atoms with Gasteiger partial charge in [-0.05, 0) is 30.1 Å². The van der Waals surface area contributed by atoms with Gasteiger partial charge in [0.2, 0.25) is 0 Å².